The highest BCUT2D eigenvalue weighted by Gasteiger charge is 2.22. The van der Waals surface area contributed by atoms with Gasteiger partial charge in [-0.15, -0.1) is 0 Å². The maximum absolute atomic E-state index is 12.4. The van der Waals surface area contributed by atoms with Crippen molar-refractivity contribution in [3.05, 3.63) is 27.4 Å². The van der Waals surface area contributed by atoms with Crippen molar-refractivity contribution in [1.29, 1.82) is 0 Å². The number of hydrogen-bond donors (Lipinski definition) is 3. The Morgan fingerprint density at radius 1 is 1.16 bits per heavy atom. The third-order valence-electron chi connectivity index (χ3n) is 4.74. The summed E-state index contributed by atoms with van der Waals surface area (Å²) in [6, 6.07) is 0.553. The number of aryl methyl sites for hydroxylation is 1. The normalized spacial score (nSPS) is 16.5. The number of aromatic amines is 1. The van der Waals surface area contributed by atoms with Crippen LogP contribution in [0.15, 0.2) is 4.79 Å². The molecule has 3 N–H and O–H groups in total. The minimum Gasteiger partial charge on any atom is -0.351 e. The summed E-state index contributed by atoms with van der Waals surface area (Å²) in [6.07, 6.45) is 7.65. The van der Waals surface area contributed by atoms with Gasteiger partial charge in [0.15, 0.2) is 0 Å². The molecule has 25 heavy (non-hydrogen) atoms. The summed E-state index contributed by atoms with van der Waals surface area (Å²) in [6.45, 7) is 8.87. The minimum absolute atomic E-state index is 0.113. The first-order valence-corrected chi connectivity index (χ1v) is 9.42. The van der Waals surface area contributed by atoms with Gasteiger partial charge in [0, 0.05) is 24.5 Å². The fourth-order valence-electron chi connectivity index (χ4n) is 3.23. The summed E-state index contributed by atoms with van der Waals surface area (Å²) in [4.78, 5) is 31.8. The molecule has 6 nitrogen and oxygen atoms in total. The molecule has 1 fully saturated rings. The Balaban J connectivity index is 1.89. The van der Waals surface area contributed by atoms with Crippen molar-refractivity contribution in [3.8, 4) is 0 Å². The molecule has 140 valence electrons. The van der Waals surface area contributed by atoms with Gasteiger partial charge in [0.1, 0.15) is 11.4 Å². The Morgan fingerprint density at radius 2 is 1.80 bits per heavy atom. The predicted octanol–water partition coefficient (Wildman–Crippen LogP) is 2.42. The zero-order chi connectivity index (χ0) is 18.4. The highest BCUT2D eigenvalue weighted by molar-refractivity contribution is 5.94. The molecule has 0 atom stereocenters. The zero-order valence-corrected chi connectivity index (χ0v) is 16.0. The van der Waals surface area contributed by atoms with E-state index in [4.69, 9.17) is 0 Å². The van der Waals surface area contributed by atoms with E-state index in [2.05, 4.69) is 20.6 Å². The van der Waals surface area contributed by atoms with E-state index in [1.165, 1.54) is 38.5 Å². The molecule has 1 aliphatic rings. The SMILES string of the molecule is Cc1nc(C(C)(C)C)[nH]c(=O)c1C(=O)NCCNC1CCCCCC1. The van der Waals surface area contributed by atoms with Gasteiger partial charge in [-0.25, -0.2) is 4.98 Å². The summed E-state index contributed by atoms with van der Waals surface area (Å²) in [5.41, 5.74) is -0.0429. The smallest absolute Gasteiger partial charge is 0.264 e. The Bertz CT molecular complexity index is 638. The molecule has 1 amide bonds. The number of amides is 1. The largest absolute Gasteiger partial charge is 0.351 e. The van der Waals surface area contributed by atoms with Gasteiger partial charge in [0.05, 0.1) is 5.69 Å². The fraction of sp³-hybridized carbons (Fsp3) is 0.737. The number of carbonyl (C=O) groups excluding carboxylic acids is 1. The summed E-state index contributed by atoms with van der Waals surface area (Å²) >= 11 is 0. The van der Waals surface area contributed by atoms with E-state index < -0.39 is 0 Å². The van der Waals surface area contributed by atoms with Gasteiger partial charge in [-0.1, -0.05) is 46.5 Å². The lowest BCUT2D eigenvalue weighted by molar-refractivity contribution is 0.0950. The van der Waals surface area contributed by atoms with Crippen LogP contribution < -0.4 is 16.2 Å². The van der Waals surface area contributed by atoms with Crippen molar-refractivity contribution in [2.75, 3.05) is 13.1 Å². The quantitative estimate of drug-likeness (QED) is 0.563. The van der Waals surface area contributed by atoms with Gasteiger partial charge in [0.2, 0.25) is 0 Å². The van der Waals surface area contributed by atoms with Crippen LogP contribution in [0, 0.1) is 6.92 Å². The van der Waals surface area contributed by atoms with Gasteiger partial charge in [-0.05, 0) is 19.8 Å². The monoisotopic (exact) mass is 348 g/mol. The van der Waals surface area contributed by atoms with Gasteiger partial charge in [-0.2, -0.15) is 0 Å². The topological polar surface area (TPSA) is 86.9 Å². The lowest BCUT2D eigenvalue weighted by Crippen LogP contribution is -2.39. The van der Waals surface area contributed by atoms with Crippen LogP contribution in [0.3, 0.4) is 0 Å². The van der Waals surface area contributed by atoms with Crippen molar-refractivity contribution in [2.24, 2.45) is 0 Å². The fourth-order valence-corrected chi connectivity index (χ4v) is 3.23. The molecule has 1 heterocycles. The standard InChI is InChI=1S/C19H32N4O2/c1-13-15(17(25)23-18(22-13)19(2,3)4)16(24)21-12-11-20-14-9-7-5-6-8-10-14/h14,20H,5-12H2,1-4H3,(H,21,24)(H,22,23,25). The molecular formula is C19H32N4O2. The molecule has 0 radical (unpaired) electrons. The Labute approximate surface area is 150 Å². The predicted molar refractivity (Wildman–Crippen MR) is 100 cm³/mol. The van der Waals surface area contributed by atoms with Gasteiger partial charge < -0.3 is 15.6 Å². The van der Waals surface area contributed by atoms with Gasteiger partial charge in [-0.3, -0.25) is 9.59 Å². The molecule has 2 rings (SSSR count). The number of nitrogens with one attached hydrogen (secondary N) is 3. The molecule has 0 unspecified atom stereocenters. The molecule has 0 spiro atoms. The number of hydrogen-bond acceptors (Lipinski definition) is 4. The maximum Gasteiger partial charge on any atom is 0.264 e. The highest BCUT2D eigenvalue weighted by atomic mass is 16.2. The molecule has 0 bridgehead atoms. The molecule has 1 aromatic rings. The van der Waals surface area contributed by atoms with Crippen LogP contribution in [0.2, 0.25) is 0 Å². The summed E-state index contributed by atoms with van der Waals surface area (Å²) in [5, 5.41) is 6.34. The highest BCUT2D eigenvalue weighted by Crippen LogP contribution is 2.18. The first kappa shape index (κ1) is 19.6. The van der Waals surface area contributed by atoms with E-state index >= 15 is 0 Å². The third-order valence-corrected chi connectivity index (χ3v) is 4.74. The van der Waals surface area contributed by atoms with Crippen molar-refractivity contribution in [2.45, 2.75) is 77.7 Å². The molecular weight excluding hydrogens is 316 g/mol. The Morgan fingerprint density at radius 3 is 2.36 bits per heavy atom. The average molecular weight is 348 g/mol. The van der Waals surface area contributed by atoms with Crippen LogP contribution in [0.1, 0.15) is 81.2 Å². The van der Waals surface area contributed by atoms with Crippen LogP contribution >= 0.6 is 0 Å². The van der Waals surface area contributed by atoms with E-state index in [1.54, 1.807) is 6.92 Å². The molecule has 0 aromatic carbocycles. The van der Waals surface area contributed by atoms with Gasteiger partial charge in [0.25, 0.3) is 11.5 Å². The van der Waals surface area contributed by atoms with Crippen LogP contribution in [0.5, 0.6) is 0 Å². The van der Waals surface area contributed by atoms with Crippen molar-refractivity contribution in [1.82, 2.24) is 20.6 Å². The lowest BCUT2D eigenvalue weighted by atomic mass is 9.95. The number of aromatic nitrogens is 2. The molecule has 1 aliphatic carbocycles. The van der Waals surface area contributed by atoms with E-state index in [9.17, 15) is 9.59 Å². The van der Waals surface area contributed by atoms with Gasteiger partial charge >= 0.3 is 0 Å². The van der Waals surface area contributed by atoms with E-state index in [0.717, 1.165) is 6.54 Å². The van der Waals surface area contributed by atoms with Crippen molar-refractivity contribution >= 4 is 5.91 Å². The second kappa shape index (κ2) is 8.61. The first-order chi connectivity index (χ1) is 11.8. The maximum atomic E-state index is 12.4. The van der Waals surface area contributed by atoms with E-state index in [-0.39, 0.29) is 22.4 Å². The lowest BCUT2D eigenvalue weighted by Gasteiger charge is -2.18. The molecule has 0 aliphatic heterocycles. The molecule has 1 aromatic heterocycles. The van der Waals surface area contributed by atoms with Crippen LogP contribution in [0.4, 0.5) is 0 Å². The van der Waals surface area contributed by atoms with Crippen LogP contribution in [0.25, 0.3) is 0 Å². The summed E-state index contributed by atoms with van der Waals surface area (Å²) in [7, 11) is 0. The van der Waals surface area contributed by atoms with Crippen LogP contribution in [-0.4, -0.2) is 35.0 Å². The van der Waals surface area contributed by atoms with Crippen LogP contribution in [-0.2, 0) is 5.41 Å². The number of nitrogens with zero attached hydrogens (tertiary/aromatic N) is 1. The second-order valence-electron chi connectivity index (χ2n) is 8.02. The van der Waals surface area contributed by atoms with E-state index in [1.807, 2.05) is 20.8 Å². The zero-order valence-electron chi connectivity index (χ0n) is 16.0. The summed E-state index contributed by atoms with van der Waals surface area (Å²) in [5.74, 6) is 0.246. The summed E-state index contributed by atoms with van der Waals surface area (Å²) < 4.78 is 0. The number of carbonyl (C=O) groups is 1. The number of H-pyrrole nitrogens is 1. The minimum atomic E-state index is -0.369. The first-order valence-electron chi connectivity index (χ1n) is 9.42. The second-order valence-corrected chi connectivity index (χ2v) is 8.02. The molecule has 6 heteroatoms. The van der Waals surface area contributed by atoms with Crippen molar-refractivity contribution < 1.29 is 4.79 Å². The molecule has 0 saturated heterocycles. The number of rotatable bonds is 5. The van der Waals surface area contributed by atoms with E-state index in [0.29, 0.717) is 24.1 Å². The Kier molecular flexibility index (Phi) is 6.76. The third kappa shape index (κ3) is 5.66. The van der Waals surface area contributed by atoms with Crippen molar-refractivity contribution in [3.63, 3.8) is 0 Å². The average Bonchev–Trinajstić information content (AvgIpc) is 2.78. The Hall–Kier alpha value is -1.69. The molecule has 1 saturated carbocycles.